The van der Waals surface area contributed by atoms with Crippen molar-refractivity contribution in [2.24, 2.45) is 0 Å². The predicted molar refractivity (Wildman–Crippen MR) is 331 cm³/mol. The molecule has 12 rings (SSSR count). The van der Waals surface area contributed by atoms with Gasteiger partial charge in [-0.1, -0.05) is 252 Å². The van der Waals surface area contributed by atoms with Crippen molar-refractivity contribution < 1.29 is 0 Å². The van der Waals surface area contributed by atoms with Gasteiger partial charge in [-0.05, 0) is 119 Å². The number of para-hydroxylation sites is 3. The molecule has 0 bridgehead atoms. The number of hydrogen-bond donors (Lipinski definition) is 0. The van der Waals surface area contributed by atoms with Crippen molar-refractivity contribution in [3.63, 3.8) is 0 Å². The summed E-state index contributed by atoms with van der Waals surface area (Å²) in [5, 5.41) is 2.42. The third-order valence-electron chi connectivity index (χ3n) is 15.1. The Kier molecular flexibility index (Phi) is 15.0. The van der Waals surface area contributed by atoms with Gasteiger partial charge in [-0.15, -0.1) is 0 Å². The van der Waals surface area contributed by atoms with Crippen LogP contribution in [0.5, 0.6) is 0 Å². The Bertz CT molecular complexity index is 3830. The first-order chi connectivity index (χ1) is 37.2. The summed E-state index contributed by atoms with van der Waals surface area (Å²) in [4.78, 5) is 2.36. The second-order valence-corrected chi connectivity index (χ2v) is 20.1. The number of benzene rings is 9. The van der Waals surface area contributed by atoms with E-state index in [4.69, 9.17) is 0 Å². The molecule has 9 aromatic carbocycles. The van der Waals surface area contributed by atoms with Crippen LogP contribution in [0.25, 0.3) is 83.1 Å². The summed E-state index contributed by atoms with van der Waals surface area (Å²) >= 11 is 0. The molecule has 2 aliphatic carbocycles. The second kappa shape index (κ2) is 22.4. The van der Waals surface area contributed by atoms with Crippen molar-refractivity contribution in [1.82, 2.24) is 4.57 Å². The largest absolute Gasteiger partial charge is 0.344 e. The van der Waals surface area contributed by atoms with Crippen LogP contribution in [0.4, 0.5) is 11.4 Å². The van der Waals surface area contributed by atoms with Gasteiger partial charge < -0.3 is 9.47 Å². The molecule has 374 valence electrons. The van der Waals surface area contributed by atoms with Gasteiger partial charge >= 0.3 is 0 Å². The van der Waals surface area contributed by atoms with E-state index in [-0.39, 0.29) is 5.41 Å². The van der Waals surface area contributed by atoms with E-state index in [0.717, 1.165) is 52.2 Å². The van der Waals surface area contributed by atoms with Crippen LogP contribution in [0.2, 0.25) is 0 Å². The Hall–Kier alpha value is -8.72. The average Bonchev–Trinajstić information content (AvgIpc) is 4.05. The van der Waals surface area contributed by atoms with E-state index in [2.05, 4.69) is 274 Å². The maximum absolute atomic E-state index is 4.66. The van der Waals surface area contributed by atoms with Gasteiger partial charge in [0.25, 0.3) is 0 Å². The summed E-state index contributed by atoms with van der Waals surface area (Å²) in [6, 6.07) is 77.3. The van der Waals surface area contributed by atoms with E-state index in [1.165, 1.54) is 77.5 Å². The van der Waals surface area contributed by atoms with Crippen molar-refractivity contribution in [2.75, 3.05) is 11.9 Å². The van der Waals surface area contributed by atoms with Crippen molar-refractivity contribution >= 4 is 44.3 Å². The van der Waals surface area contributed by atoms with Gasteiger partial charge in [0.15, 0.2) is 0 Å². The third-order valence-corrected chi connectivity index (χ3v) is 15.1. The predicted octanol–water partition coefficient (Wildman–Crippen LogP) is 20.8. The monoisotopic (exact) mass is 985 g/mol. The molecule has 0 spiro atoms. The Morgan fingerprint density at radius 1 is 0.553 bits per heavy atom. The van der Waals surface area contributed by atoms with Crippen LogP contribution in [-0.2, 0) is 5.41 Å². The van der Waals surface area contributed by atoms with Crippen LogP contribution < -0.4 is 4.90 Å². The highest BCUT2D eigenvalue weighted by Gasteiger charge is 2.37. The van der Waals surface area contributed by atoms with Crippen molar-refractivity contribution in [3.8, 4) is 50.2 Å². The molecule has 76 heavy (non-hydrogen) atoms. The van der Waals surface area contributed by atoms with E-state index < -0.39 is 0 Å². The minimum absolute atomic E-state index is 0.0689. The molecule has 0 fully saturated rings. The lowest BCUT2D eigenvalue weighted by Gasteiger charge is -2.27. The van der Waals surface area contributed by atoms with Gasteiger partial charge in [0.1, 0.15) is 0 Å². The van der Waals surface area contributed by atoms with E-state index in [9.17, 15) is 0 Å². The van der Waals surface area contributed by atoms with Gasteiger partial charge in [0, 0.05) is 56.9 Å². The molecule has 2 nitrogen and oxygen atoms in total. The van der Waals surface area contributed by atoms with E-state index >= 15 is 0 Å². The SMILES string of the molecule is C=C(/C=C\C=C/C)c1cccc2c3cccc(-c4cccc(-c5cc(-c6ccccc6)cc(-c6ccccc6)c5N(C)c5ccccc5)c4)c3n(-c3ccc4c(c3)C(C)(C)C3=C4C=CCC3)c12.CC.Cc1ccccc1. The van der Waals surface area contributed by atoms with Crippen LogP contribution in [0.1, 0.15) is 69.7 Å². The molecule has 10 aromatic rings. The fraction of sp³-hybridized carbons (Fsp3) is 0.135. The zero-order valence-electron chi connectivity index (χ0n) is 45.2. The summed E-state index contributed by atoms with van der Waals surface area (Å²) in [5.74, 6) is 0. The summed E-state index contributed by atoms with van der Waals surface area (Å²) in [5.41, 5.74) is 24.2. The molecule has 0 amide bonds. The number of nitrogens with zero attached hydrogens (tertiary/aromatic N) is 2. The van der Waals surface area contributed by atoms with Crippen LogP contribution in [0, 0.1) is 6.92 Å². The van der Waals surface area contributed by atoms with Gasteiger partial charge in [-0.3, -0.25) is 0 Å². The minimum Gasteiger partial charge on any atom is -0.344 e. The van der Waals surface area contributed by atoms with Crippen LogP contribution in [0.3, 0.4) is 0 Å². The lowest BCUT2D eigenvalue weighted by molar-refractivity contribution is 0.607. The van der Waals surface area contributed by atoms with Crippen LogP contribution in [0.15, 0.2) is 261 Å². The Morgan fingerprint density at radius 2 is 1.13 bits per heavy atom. The van der Waals surface area contributed by atoms with Gasteiger partial charge in [0.2, 0.25) is 0 Å². The minimum atomic E-state index is -0.0689. The molecule has 0 saturated carbocycles. The second-order valence-electron chi connectivity index (χ2n) is 20.1. The van der Waals surface area contributed by atoms with Crippen molar-refractivity contribution in [1.29, 1.82) is 0 Å². The number of rotatable bonds is 10. The van der Waals surface area contributed by atoms with E-state index in [1.807, 2.05) is 39.0 Å². The van der Waals surface area contributed by atoms with E-state index in [1.54, 1.807) is 5.57 Å². The molecule has 0 aliphatic heterocycles. The molecule has 0 N–H and O–H groups in total. The lowest BCUT2D eigenvalue weighted by Crippen LogP contribution is -2.18. The number of hydrogen-bond acceptors (Lipinski definition) is 1. The molecule has 0 saturated heterocycles. The first kappa shape index (κ1) is 50.8. The molecular formula is C74H68N2. The van der Waals surface area contributed by atoms with Gasteiger partial charge in [-0.2, -0.15) is 0 Å². The standard InChI is InChI=1S/C65H54N2.C7H8.C2H6/c1-6-7-11-23-44(2)52-33-21-35-56-57-36-22-34-53(64(57)67(63(52)56)51-38-39-55-54-32-18-19-37-60(54)65(3,4)61(55)43-51)47-28-20-29-48(40-47)59-42-49(45-24-12-8-13-25-45)41-58(46-26-14-9-15-27-46)62(59)66(5)50-30-16-10-17-31-50;1-7-5-3-2-4-6-7;1-2/h6-18,20-36,38-43H,2,19,37H2,1,3-5H3;2-6H,1H3;1-2H3/b7-6-,23-11-;;. The summed E-state index contributed by atoms with van der Waals surface area (Å²) in [6.07, 6.45) is 15.2. The number of fused-ring (bicyclic) bond motifs is 5. The molecule has 1 aromatic heterocycles. The first-order valence-corrected chi connectivity index (χ1v) is 27.0. The summed E-state index contributed by atoms with van der Waals surface area (Å²) < 4.78 is 2.54. The smallest absolute Gasteiger partial charge is 0.0619 e. The number of allylic oxidation sites excluding steroid dienone is 9. The van der Waals surface area contributed by atoms with Crippen LogP contribution >= 0.6 is 0 Å². The number of aryl methyl sites for hydroxylation is 1. The highest BCUT2D eigenvalue weighted by molar-refractivity contribution is 6.16. The first-order valence-electron chi connectivity index (χ1n) is 27.0. The molecule has 2 aliphatic rings. The number of anilines is 2. The maximum atomic E-state index is 4.66. The Balaban J connectivity index is 0.000000670. The average molecular weight is 985 g/mol. The molecule has 1 heterocycles. The highest BCUT2D eigenvalue weighted by atomic mass is 15.1. The summed E-state index contributed by atoms with van der Waals surface area (Å²) in [7, 11) is 2.20. The van der Waals surface area contributed by atoms with Crippen LogP contribution in [-0.4, -0.2) is 11.6 Å². The Labute approximate surface area is 451 Å². The third kappa shape index (κ3) is 9.76. The molecule has 0 atom stereocenters. The van der Waals surface area contributed by atoms with Gasteiger partial charge in [0.05, 0.1) is 16.7 Å². The number of aromatic nitrogens is 1. The zero-order valence-corrected chi connectivity index (χ0v) is 45.2. The van der Waals surface area contributed by atoms with E-state index in [0.29, 0.717) is 0 Å². The summed E-state index contributed by atoms with van der Waals surface area (Å²) in [6.45, 7) is 17.6. The quantitative estimate of drug-likeness (QED) is 0.124. The lowest BCUT2D eigenvalue weighted by atomic mass is 9.78. The van der Waals surface area contributed by atoms with Crippen molar-refractivity contribution in [3.05, 3.63) is 283 Å². The molecular weight excluding hydrogens is 917 g/mol. The molecule has 2 heteroatoms. The van der Waals surface area contributed by atoms with Crippen molar-refractivity contribution in [2.45, 2.75) is 59.8 Å². The Morgan fingerprint density at radius 3 is 1.79 bits per heavy atom. The topological polar surface area (TPSA) is 8.17 Å². The normalized spacial score (nSPS) is 13.3. The molecule has 0 radical (unpaired) electrons. The zero-order chi connectivity index (χ0) is 52.8. The fourth-order valence-electron chi connectivity index (χ4n) is 11.4. The highest BCUT2D eigenvalue weighted by Crippen LogP contribution is 2.52. The van der Waals surface area contributed by atoms with Gasteiger partial charge in [-0.25, -0.2) is 0 Å². The maximum Gasteiger partial charge on any atom is 0.0619 e. The molecule has 0 unspecified atom stereocenters. The fourth-order valence-corrected chi connectivity index (χ4v) is 11.4.